The van der Waals surface area contributed by atoms with Gasteiger partial charge in [-0.1, -0.05) is 13.0 Å². The number of hydroxylamine groups is 2. The molecule has 1 fully saturated rings. The summed E-state index contributed by atoms with van der Waals surface area (Å²) >= 11 is 0.905. The Morgan fingerprint density at radius 3 is 2.40 bits per heavy atom. The van der Waals surface area contributed by atoms with E-state index in [-0.39, 0.29) is 52.2 Å². The molecule has 3 aliphatic rings. The summed E-state index contributed by atoms with van der Waals surface area (Å²) in [6.07, 6.45) is -0.207. The van der Waals surface area contributed by atoms with E-state index in [1.54, 1.807) is 13.0 Å². The summed E-state index contributed by atoms with van der Waals surface area (Å²) in [6.45, 7) is 1.69. The second-order valence-corrected chi connectivity index (χ2v) is 10.6. The number of imide groups is 1. The summed E-state index contributed by atoms with van der Waals surface area (Å²) in [5.41, 5.74) is 0.828. The molecule has 1 unspecified atom stereocenters. The number of nitrogens with zero attached hydrogens (tertiary/aromatic N) is 1. The summed E-state index contributed by atoms with van der Waals surface area (Å²) in [5.74, 6) is -4.27. The van der Waals surface area contributed by atoms with Crippen LogP contribution in [0.15, 0.2) is 63.8 Å². The predicted molar refractivity (Wildman–Crippen MR) is 151 cm³/mol. The molecular weight excluding hydrogens is 568 g/mol. The number of amides is 3. The minimum absolute atomic E-state index is 0.0534. The molecule has 214 valence electrons. The number of rotatable bonds is 8. The number of carboxylic acid groups (broad SMARTS) is 1. The van der Waals surface area contributed by atoms with Crippen molar-refractivity contribution in [3.8, 4) is 28.2 Å². The Morgan fingerprint density at radius 1 is 1.00 bits per heavy atom. The second-order valence-electron chi connectivity index (χ2n) is 9.20. The van der Waals surface area contributed by atoms with Crippen LogP contribution in [0.3, 0.4) is 0 Å². The van der Waals surface area contributed by atoms with Crippen molar-refractivity contribution < 1.29 is 43.4 Å². The summed E-state index contributed by atoms with van der Waals surface area (Å²) in [5, 5.41) is 22.0. The van der Waals surface area contributed by atoms with Crippen LogP contribution in [0.25, 0.3) is 33.4 Å². The van der Waals surface area contributed by atoms with Crippen molar-refractivity contribution in [2.24, 2.45) is 0 Å². The summed E-state index contributed by atoms with van der Waals surface area (Å²) in [6, 6.07) is 12.5. The Hall–Kier alpha value is -5.17. The Labute approximate surface area is 241 Å². The molecule has 12 nitrogen and oxygen atoms in total. The van der Waals surface area contributed by atoms with Crippen LogP contribution in [0.1, 0.15) is 30.1 Å². The molecule has 0 bridgehead atoms. The van der Waals surface area contributed by atoms with Gasteiger partial charge in [-0.3, -0.25) is 19.2 Å². The van der Waals surface area contributed by atoms with E-state index in [0.29, 0.717) is 27.3 Å². The van der Waals surface area contributed by atoms with Gasteiger partial charge in [0, 0.05) is 47.2 Å². The van der Waals surface area contributed by atoms with Crippen molar-refractivity contribution in [2.45, 2.75) is 25.0 Å². The van der Waals surface area contributed by atoms with E-state index in [0.717, 1.165) is 11.8 Å². The molecule has 2 heterocycles. The van der Waals surface area contributed by atoms with Crippen LogP contribution in [0, 0.1) is 0 Å². The van der Waals surface area contributed by atoms with Crippen molar-refractivity contribution in [1.82, 2.24) is 5.06 Å². The smallest absolute Gasteiger partial charge is 0.355 e. The van der Waals surface area contributed by atoms with Gasteiger partial charge in [-0.2, -0.15) is 0 Å². The first kappa shape index (κ1) is 28.4. The highest BCUT2D eigenvalue weighted by atomic mass is 32.2. The first-order valence-corrected chi connectivity index (χ1v) is 13.7. The fourth-order valence-corrected chi connectivity index (χ4v) is 5.31. The third kappa shape index (κ3) is 5.41. The Bertz CT molecular complexity index is 1800. The minimum Gasteiger partial charge on any atom is -0.508 e. The fraction of sp³-hybridized carbons (Fsp3) is 0.172. The number of carbonyl (C=O) groups is 5. The molecule has 3 N–H and O–H groups in total. The highest BCUT2D eigenvalue weighted by Crippen LogP contribution is 2.42. The van der Waals surface area contributed by atoms with Crippen LogP contribution in [0.5, 0.6) is 5.75 Å². The molecule has 1 aliphatic carbocycles. The van der Waals surface area contributed by atoms with E-state index in [2.05, 4.69) is 5.32 Å². The number of thioether (sulfide) groups is 1. The Morgan fingerprint density at radius 2 is 1.71 bits per heavy atom. The van der Waals surface area contributed by atoms with E-state index < -0.39 is 34.9 Å². The first-order chi connectivity index (χ1) is 20.1. The number of phenols is 1. The predicted octanol–water partition coefficient (Wildman–Crippen LogP) is 3.64. The first-order valence-electron chi connectivity index (χ1n) is 12.6. The number of phenolic OH excluding ortho intramolecular Hbond substituents is 1. The van der Waals surface area contributed by atoms with Crippen molar-refractivity contribution in [3.05, 3.63) is 70.4 Å². The van der Waals surface area contributed by atoms with Crippen LogP contribution in [0.4, 0.5) is 5.69 Å². The molecule has 5 rings (SSSR count). The average Bonchev–Trinajstić information content (AvgIpc) is 3.26. The molecule has 42 heavy (non-hydrogen) atoms. The third-order valence-corrected chi connectivity index (χ3v) is 7.51. The van der Waals surface area contributed by atoms with E-state index in [1.165, 1.54) is 48.5 Å². The monoisotopic (exact) mass is 590 g/mol. The van der Waals surface area contributed by atoms with Gasteiger partial charge >= 0.3 is 11.9 Å². The van der Waals surface area contributed by atoms with E-state index in [1.807, 2.05) is 0 Å². The van der Waals surface area contributed by atoms with Gasteiger partial charge in [0.1, 0.15) is 17.1 Å². The third-order valence-electron chi connectivity index (χ3n) is 6.44. The van der Waals surface area contributed by atoms with E-state index >= 15 is 0 Å². The highest BCUT2D eigenvalue weighted by molar-refractivity contribution is 8.01. The number of fused-ring (bicyclic) bond motifs is 2. The van der Waals surface area contributed by atoms with Gasteiger partial charge in [0.05, 0.1) is 5.56 Å². The molecule has 3 amide bonds. The minimum atomic E-state index is -1.46. The molecule has 0 saturated carbocycles. The van der Waals surface area contributed by atoms with Gasteiger partial charge in [-0.15, -0.1) is 16.8 Å². The highest BCUT2D eigenvalue weighted by Gasteiger charge is 2.37. The normalized spacial score (nSPS) is 13.9. The molecule has 2 aliphatic heterocycles. The number of carbonyl (C=O) groups excluding carboxylic acids is 4. The van der Waals surface area contributed by atoms with Gasteiger partial charge in [-0.25, -0.2) is 9.59 Å². The number of aromatic hydroxyl groups is 1. The summed E-state index contributed by atoms with van der Waals surface area (Å²) < 4.78 is 5.82. The zero-order valence-electron chi connectivity index (χ0n) is 21.9. The second kappa shape index (κ2) is 11.4. The lowest BCUT2D eigenvalue weighted by Crippen LogP contribution is -2.40. The maximum absolute atomic E-state index is 13.1. The number of hydrogen-bond donors (Lipinski definition) is 3. The van der Waals surface area contributed by atoms with Crippen molar-refractivity contribution in [3.63, 3.8) is 0 Å². The zero-order chi connectivity index (χ0) is 30.1. The molecule has 0 aromatic heterocycles. The van der Waals surface area contributed by atoms with E-state index in [4.69, 9.17) is 9.25 Å². The maximum atomic E-state index is 13.1. The number of benzene rings is 3. The van der Waals surface area contributed by atoms with Gasteiger partial charge in [0.15, 0.2) is 10.7 Å². The van der Waals surface area contributed by atoms with Gasteiger partial charge < -0.3 is 24.8 Å². The van der Waals surface area contributed by atoms with Crippen LogP contribution >= 0.6 is 11.8 Å². The fourth-order valence-electron chi connectivity index (χ4n) is 4.59. The van der Waals surface area contributed by atoms with Crippen molar-refractivity contribution >= 4 is 58.1 Å². The molecule has 1 saturated heterocycles. The topological polar surface area (TPSA) is 181 Å². The number of carboxylic acids is 1. The number of nitrogens with one attached hydrogen (secondary N) is 1. The van der Waals surface area contributed by atoms with Gasteiger partial charge in [0.25, 0.3) is 11.8 Å². The number of hydrogen-bond acceptors (Lipinski definition) is 10. The maximum Gasteiger partial charge on any atom is 0.355 e. The lowest BCUT2D eigenvalue weighted by molar-refractivity contribution is -0.197. The largest absolute Gasteiger partial charge is 0.508 e. The van der Waals surface area contributed by atoms with Gasteiger partial charge in [-0.05, 0) is 47.7 Å². The standard InChI is InChI=1S/C29H22N2O10S/c1-2-42-26(29(39)41-31-23(34)9-10-24(31)35)27(36)30-14-3-6-17(20(11-14)28(37)38)25-18-7-4-15(32)12-21(18)40-22-13-16(33)5-8-19(22)25/h3-8,11-13,26,32H,2,9-10H2,1H3,(H,30,36)(H,37,38). The number of anilines is 1. The van der Waals surface area contributed by atoms with E-state index in [9.17, 15) is 39.0 Å². The molecule has 2 aromatic rings. The SMILES string of the molecule is CCSC(C(=O)Nc1ccc(-c2c3ccc(=O)cc-3oc3cc(O)ccc23)c(C(=O)O)c1)C(=O)ON1C(=O)CCC1=O. The zero-order valence-corrected chi connectivity index (χ0v) is 22.7. The molecule has 13 heteroatoms. The lowest BCUT2D eigenvalue weighted by atomic mass is 9.90. The number of aromatic carboxylic acids is 1. The summed E-state index contributed by atoms with van der Waals surface area (Å²) in [4.78, 5) is 78.9. The van der Waals surface area contributed by atoms with Crippen molar-refractivity contribution in [1.29, 1.82) is 0 Å². The molecular formula is C29H22N2O10S. The molecule has 0 radical (unpaired) electrons. The quantitative estimate of drug-likeness (QED) is 0.155. The summed E-state index contributed by atoms with van der Waals surface area (Å²) in [7, 11) is 0. The Kier molecular flexibility index (Phi) is 7.68. The van der Waals surface area contributed by atoms with Crippen LogP contribution in [-0.2, 0) is 24.0 Å². The van der Waals surface area contributed by atoms with Gasteiger partial charge in [0.2, 0.25) is 5.91 Å². The molecule has 0 spiro atoms. The van der Waals surface area contributed by atoms with Crippen LogP contribution in [-0.4, -0.2) is 55.9 Å². The van der Waals surface area contributed by atoms with Crippen LogP contribution in [0.2, 0.25) is 0 Å². The Balaban J connectivity index is 1.52. The molecule has 1 atom stereocenters. The average molecular weight is 591 g/mol. The molecule has 2 aromatic carbocycles. The lowest BCUT2D eigenvalue weighted by Gasteiger charge is -2.19. The van der Waals surface area contributed by atoms with Crippen molar-refractivity contribution in [2.75, 3.05) is 11.1 Å². The van der Waals surface area contributed by atoms with Crippen LogP contribution < -0.4 is 10.7 Å².